The summed E-state index contributed by atoms with van der Waals surface area (Å²) in [5.74, 6) is 0.134. The van der Waals surface area contributed by atoms with E-state index in [9.17, 15) is 9.90 Å². The lowest BCUT2D eigenvalue weighted by Gasteiger charge is -2.20. The van der Waals surface area contributed by atoms with E-state index in [0.717, 1.165) is 16.8 Å². The van der Waals surface area contributed by atoms with E-state index in [1.807, 2.05) is 42.5 Å². The molecule has 106 valence electrons. The Morgan fingerprint density at radius 2 is 1.81 bits per heavy atom. The van der Waals surface area contributed by atoms with Crippen molar-refractivity contribution in [1.29, 1.82) is 0 Å². The van der Waals surface area contributed by atoms with Gasteiger partial charge in [0.1, 0.15) is 5.75 Å². The summed E-state index contributed by atoms with van der Waals surface area (Å²) < 4.78 is 0. The van der Waals surface area contributed by atoms with Crippen LogP contribution in [-0.2, 0) is 4.79 Å². The van der Waals surface area contributed by atoms with Gasteiger partial charge in [0.2, 0.25) is 5.91 Å². The van der Waals surface area contributed by atoms with Gasteiger partial charge in [0, 0.05) is 13.3 Å². The van der Waals surface area contributed by atoms with Crippen LogP contribution in [0.15, 0.2) is 59.7 Å². The number of phenolic OH excluding ortho intramolecular Hbond substituents is 1. The molecule has 0 spiro atoms. The first kappa shape index (κ1) is 13.4. The van der Waals surface area contributed by atoms with Crippen molar-refractivity contribution >= 4 is 11.6 Å². The molecule has 3 rings (SSSR count). The van der Waals surface area contributed by atoms with Crippen molar-refractivity contribution < 1.29 is 9.90 Å². The maximum atomic E-state index is 11.8. The second kappa shape index (κ2) is 5.40. The summed E-state index contributed by atoms with van der Waals surface area (Å²) in [5, 5.41) is 15.4. The molecule has 4 nitrogen and oxygen atoms in total. The topological polar surface area (TPSA) is 52.9 Å². The highest BCUT2D eigenvalue weighted by Crippen LogP contribution is 2.33. The Morgan fingerprint density at radius 1 is 1.14 bits per heavy atom. The normalized spacial score (nSPS) is 17.7. The number of benzene rings is 2. The fourth-order valence-corrected chi connectivity index (χ4v) is 2.56. The van der Waals surface area contributed by atoms with Gasteiger partial charge in [-0.1, -0.05) is 42.5 Å². The first-order valence-corrected chi connectivity index (χ1v) is 6.87. The lowest BCUT2D eigenvalue weighted by molar-refractivity contribution is -0.130. The first-order valence-electron chi connectivity index (χ1n) is 6.87. The molecule has 0 aliphatic carbocycles. The number of carbonyl (C=O) groups is 1. The van der Waals surface area contributed by atoms with Crippen molar-refractivity contribution in [3.05, 3.63) is 65.7 Å². The predicted octanol–water partition coefficient (Wildman–Crippen LogP) is 3.09. The van der Waals surface area contributed by atoms with Crippen LogP contribution in [-0.4, -0.2) is 21.7 Å². The molecular formula is C17H16N2O2. The van der Waals surface area contributed by atoms with E-state index in [0.29, 0.717) is 6.42 Å². The average Bonchev–Trinajstić information content (AvgIpc) is 2.94. The van der Waals surface area contributed by atoms with E-state index in [1.54, 1.807) is 12.1 Å². The number of amides is 1. The van der Waals surface area contributed by atoms with Crippen LogP contribution in [0.5, 0.6) is 5.75 Å². The zero-order valence-electron chi connectivity index (χ0n) is 11.7. The third-order valence-corrected chi connectivity index (χ3v) is 3.62. The van der Waals surface area contributed by atoms with Crippen LogP contribution in [0, 0.1) is 0 Å². The molecule has 0 radical (unpaired) electrons. The smallest absolute Gasteiger partial charge is 0.240 e. The Bertz CT molecular complexity index is 678. The second-order valence-electron chi connectivity index (χ2n) is 5.09. The zero-order valence-corrected chi connectivity index (χ0v) is 11.7. The number of hydrogen-bond donors (Lipinski definition) is 1. The third kappa shape index (κ3) is 2.65. The number of hydrogen-bond acceptors (Lipinski definition) is 3. The summed E-state index contributed by atoms with van der Waals surface area (Å²) in [6, 6.07) is 16.7. The molecule has 1 aliphatic heterocycles. The van der Waals surface area contributed by atoms with Gasteiger partial charge >= 0.3 is 0 Å². The Hall–Kier alpha value is -2.62. The van der Waals surface area contributed by atoms with Gasteiger partial charge in [0.15, 0.2) is 0 Å². The summed E-state index contributed by atoms with van der Waals surface area (Å²) in [7, 11) is 0. The molecule has 0 aromatic heterocycles. The van der Waals surface area contributed by atoms with Crippen molar-refractivity contribution in [2.24, 2.45) is 5.10 Å². The minimum Gasteiger partial charge on any atom is -0.508 e. The average molecular weight is 280 g/mol. The van der Waals surface area contributed by atoms with Crippen LogP contribution in [0.2, 0.25) is 0 Å². The van der Waals surface area contributed by atoms with Gasteiger partial charge in [-0.3, -0.25) is 4.79 Å². The fraction of sp³-hybridized carbons (Fsp3) is 0.176. The van der Waals surface area contributed by atoms with Gasteiger partial charge in [-0.25, -0.2) is 5.01 Å². The van der Waals surface area contributed by atoms with E-state index >= 15 is 0 Å². The third-order valence-electron chi connectivity index (χ3n) is 3.62. The second-order valence-corrected chi connectivity index (χ2v) is 5.09. The molecule has 1 heterocycles. The molecule has 1 N–H and O–H groups in total. The minimum atomic E-state index is -0.113. The molecule has 1 amide bonds. The molecule has 0 saturated carbocycles. The molecule has 0 fully saturated rings. The molecule has 2 aromatic carbocycles. The van der Waals surface area contributed by atoms with Crippen molar-refractivity contribution in [2.75, 3.05) is 0 Å². The van der Waals surface area contributed by atoms with Crippen molar-refractivity contribution in [2.45, 2.75) is 19.4 Å². The summed E-state index contributed by atoms with van der Waals surface area (Å²) in [5.41, 5.74) is 2.91. The van der Waals surface area contributed by atoms with E-state index < -0.39 is 0 Å². The maximum Gasteiger partial charge on any atom is 0.240 e. The maximum absolute atomic E-state index is 11.8. The Balaban J connectivity index is 1.93. The minimum absolute atomic E-state index is 0.0843. The summed E-state index contributed by atoms with van der Waals surface area (Å²) in [4.78, 5) is 11.8. The van der Waals surface area contributed by atoms with Gasteiger partial charge in [0.05, 0.1) is 11.8 Å². The van der Waals surface area contributed by atoms with Crippen molar-refractivity contribution in [3.63, 3.8) is 0 Å². The lowest BCUT2D eigenvalue weighted by atomic mass is 9.98. The summed E-state index contributed by atoms with van der Waals surface area (Å²) in [6.07, 6.45) is 0.675. The van der Waals surface area contributed by atoms with E-state index in [1.165, 1.54) is 11.9 Å². The highest BCUT2D eigenvalue weighted by molar-refractivity contribution is 6.03. The van der Waals surface area contributed by atoms with Gasteiger partial charge < -0.3 is 5.11 Å². The Labute approximate surface area is 123 Å². The van der Waals surface area contributed by atoms with Crippen LogP contribution in [0.1, 0.15) is 30.5 Å². The Morgan fingerprint density at radius 3 is 2.43 bits per heavy atom. The molecule has 1 aliphatic rings. The number of rotatable bonds is 2. The predicted molar refractivity (Wildman–Crippen MR) is 81.0 cm³/mol. The molecular weight excluding hydrogens is 264 g/mol. The molecule has 21 heavy (non-hydrogen) atoms. The van der Waals surface area contributed by atoms with Crippen LogP contribution >= 0.6 is 0 Å². The monoisotopic (exact) mass is 280 g/mol. The Kier molecular flexibility index (Phi) is 3.44. The zero-order chi connectivity index (χ0) is 14.8. The van der Waals surface area contributed by atoms with Crippen LogP contribution in [0.3, 0.4) is 0 Å². The van der Waals surface area contributed by atoms with Crippen LogP contribution in [0.25, 0.3) is 0 Å². The highest BCUT2D eigenvalue weighted by Gasteiger charge is 2.31. The molecule has 4 heteroatoms. The fourth-order valence-electron chi connectivity index (χ4n) is 2.56. The lowest BCUT2D eigenvalue weighted by Crippen LogP contribution is -2.24. The van der Waals surface area contributed by atoms with Crippen molar-refractivity contribution in [3.8, 4) is 5.75 Å². The van der Waals surface area contributed by atoms with Gasteiger partial charge in [-0.15, -0.1) is 0 Å². The SMILES string of the molecule is CC(=O)N1N=C(c2ccccc2)C[C@@H]1c1ccc(O)cc1. The largest absolute Gasteiger partial charge is 0.508 e. The number of hydrazone groups is 1. The van der Waals surface area contributed by atoms with E-state index in [4.69, 9.17) is 0 Å². The van der Waals surface area contributed by atoms with Gasteiger partial charge in [-0.2, -0.15) is 5.10 Å². The van der Waals surface area contributed by atoms with Crippen molar-refractivity contribution in [1.82, 2.24) is 5.01 Å². The van der Waals surface area contributed by atoms with Gasteiger partial charge in [0.25, 0.3) is 0 Å². The molecule has 0 bridgehead atoms. The quantitative estimate of drug-likeness (QED) is 0.919. The van der Waals surface area contributed by atoms with E-state index in [-0.39, 0.29) is 17.7 Å². The van der Waals surface area contributed by atoms with Crippen LogP contribution in [0.4, 0.5) is 0 Å². The molecule has 2 aromatic rings. The van der Waals surface area contributed by atoms with Crippen LogP contribution < -0.4 is 0 Å². The van der Waals surface area contributed by atoms with Gasteiger partial charge in [-0.05, 0) is 23.3 Å². The molecule has 0 unspecified atom stereocenters. The molecule has 0 saturated heterocycles. The number of nitrogens with zero attached hydrogens (tertiary/aromatic N) is 2. The number of carbonyl (C=O) groups excluding carboxylic acids is 1. The first-order chi connectivity index (χ1) is 10.1. The number of phenols is 1. The standard InChI is InChI=1S/C17H16N2O2/c1-12(20)19-17(14-7-9-15(21)10-8-14)11-16(18-19)13-5-3-2-4-6-13/h2-10,17,21H,11H2,1H3/t17-/m1/s1. The highest BCUT2D eigenvalue weighted by atomic mass is 16.3. The van der Waals surface area contributed by atoms with E-state index in [2.05, 4.69) is 5.10 Å². The summed E-state index contributed by atoms with van der Waals surface area (Å²) >= 11 is 0. The number of aromatic hydroxyl groups is 1. The summed E-state index contributed by atoms with van der Waals surface area (Å²) in [6.45, 7) is 1.52. The molecule has 1 atom stereocenters.